The van der Waals surface area contributed by atoms with Gasteiger partial charge in [-0.15, -0.1) is 16.7 Å². The number of rotatable bonds is 4. The van der Waals surface area contributed by atoms with E-state index in [1.165, 1.54) is 19.3 Å². The molecule has 0 amide bonds. The van der Waals surface area contributed by atoms with Crippen molar-refractivity contribution in [1.29, 1.82) is 0 Å². The summed E-state index contributed by atoms with van der Waals surface area (Å²) in [6.45, 7) is 6.64. The van der Waals surface area contributed by atoms with E-state index in [9.17, 15) is 0 Å². The topological polar surface area (TPSA) is 42.2 Å². The van der Waals surface area contributed by atoms with E-state index in [2.05, 4.69) is 28.9 Å². The Kier molecular flexibility index (Phi) is 3.92. The van der Waals surface area contributed by atoms with Crippen molar-refractivity contribution in [2.45, 2.75) is 39.5 Å². The first-order valence-electron chi connectivity index (χ1n) is 6.30. The fourth-order valence-corrected chi connectivity index (χ4v) is 2.31. The van der Waals surface area contributed by atoms with Crippen molar-refractivity contribution in [1.82, 2.24) is 10.2 Å². The number of aryl methyl sites for hydroxylation is 1. The Morgan fingerprint density at radius 2 is 2.06 bits per heavy atom. The lowest BCUT2D eigenvalue weighted by Gasteiger charge is -2.37. The summed E-state index contributed by atoms with van der Waals surface area (Å²) in [7, 11) is 0. The van der Waals surface area contributed by atoms with E-state index in [4.69, 9.17) is 16.0 Å². The molecule has 0 aromatic carbocycles. The van der Waals surface area contributed by atoms with Gasteiger partial charge < -0.3 is 9.32 Å². The molecule has 0 aliphatic carbocycles. The molecule has 0 spiro atoms. The molecule has 0 N–H and O–H groups in total. The zero-order valence-corrected chi connectivity index (χ0v) is 11.3. The van der Waals surface area contributed by atoms with Crippen LogP contribution in [0, 0.1) is 5.41 Å². The van der Waals surface area contributed by atoms with Gasteiger partial charge in [0.2, 0.25) is 5.89 Å². The van der Waals surface area contributed by atoms with Gasteiger partial charge in [0.05, 0.1) is 0 Å². The minimum absolute atomic E-state index is 0.482. The van der Waals surface area contributed by atoms with Gasteiger partial charge in [-0.2, -0.15) is 0 Å². The lowest BCUT2D eigenvalue weighted by molar-refractivity contribution is 0.233. The monoisotopic (exact) mass is 257 g/mol. The van der Waals surface area contributed by atoms with Gasteiger partial charge in [-0.25, -0.2) is 0 Å². The van der Waals surface area contributed by atoms with Crippen LogP contribution in [0.15, 0.2) is 4.42 Å². The number of piperidine rings is 1. The molecule has 1 aromatic heterocycles. The molecular formula is C12H20ClN3O. The Bertz CT molecular complexity index is 358. The summed E-state index contributed by atoms with van der Waals surface area (Å²) in [5, 5.41) is 8.08. The molecular weight excluding hydrogens is 238 g/mol. The highest BCUT2D eigenvalue weighted by molar-refractivity contribution is 6.17. The molecule has 96 valence electrons. The summed E-state index contributed by atoms with van der Waals surface area (Å²) in [4.78, 5) is 2.18. The van der Waals surface area contributed by atoms with Crippen LogP contribution in [0.3, 0.4) is 0 Å². The number of hydrogen-bond acceptors (Lipinski definition) is 4. The van der Waals surface area contributed by atoms with E-state index in [0.717, 1.165) is 13.1 Å². The minimum atomic E-state index is 0.482. The number of halogens is 1. The second kappa shape index (κ2) is 5.25. The second-order valence-corrected chi connectivity index (χ2v) is 5.45. The van der Waals surface area contributed by atoms with Crippen LogP contribution in [0.2, 0.25) is 0 Å². The standard InChI is InChI=1S/C12H20ClN3O/c1-3-12(2)5-8-16(9-6-12)11-15-14-10(17-11)4-7-13/h3-9H2,1-2H3. The molecule has 1 aliphatic rings. The molecule has 0 radical (unpaired) electrons. The van der Waals surface area contributed by atoms with Crippen molar-refractivity contribution in [2.24, 2.45) is 5.41 Å². The van der Waals surface area contributed by atoms with Crippen molar-refractivity contribution in [3.05, 3.63) is 5.89 Å². The fraction of sp³-hybridized carbons (Fsp3) is 0.833. The smallest absolute Gasteiger partial charge is 0.318 e. The van der Waals surface area contributed by atoms with Gasteiger partial charge in [0.25, 0.3) is 0 Å². The Balaban J connectivity index is 1.95. The first kappa shape index (κ1) is 12.7. The predicted octanol–water partition coefficient (Wildman–Crippen LogP) is 2.87. The van der Waals surface area contributed by atoms with Gasteiger partial charge in [0.1, 0.15) is 0 Å². The normalized spacial score (nSPS) is 19.6. The summed E-state index contributed by atoms with van der Waals surface area (Å²) in [5.41, 5.74) is 0.482. The molecule has 1 aromatic rings. The highest BCUT2D eigenvalue weighted by atomic mass is 35.5. The van der Waals surface area contributed by atoms with Gasteiger partial charge in [0, 0.05) is 25.4 Å². The minimum Gasteiger partial charge on any atom is -0.408 e. The molecule has 1 saturated heterocycles. The third-order valence-electron chi connectivity index (χ3n) is 3.86. The highest BCUT2D eigenvalue weighted by Crippen LogP contribution is 2.35. The quantitative estimate of drug-likeness (QED) is 0.778. The Morgan fingerprint density at radius 1 is 1.35 bits per heavy atom. The van der Waals surface area contributed by atoms with Crippen LogP contribution < -0.4 is 4.90 Å². The Morgan fingerprint density at radius 3 is 2.65 bits per heavy atom. The van der Waals surface area contributed by atoms with Gasteiger partial charge in [0.15, 0.2) is 0 Å². The summed E-state index contributed by atoms with van der Waals surface area (Å²) < 4.78 is 5.58. The molecule has 2 heterocycles. The number of alkyl halides is 1. The SMILES string of the molecule is CCC1(C)CCN(c2nnc(CCCl)o2)CC1. The number of hydrogen-bond donors (Lipinski definition) is 0. The zero-order chi connectivity index (χ0) is 12.3. The van der Waals surface area contributed by atoms with Gasteiger partial charge in [-0.1, -0.05) is 25.4 Å². The van der Waals surface area contributed by atoms with Gasteiger partial charge >= 0.3 is 6.01 Å². The Hall–Kier alpha value is -0.770. The molecule has 5 heteroatoms. The maximum Gasteiger partial charge on any atom is 0.318 e. The van der Waals surface area contributed by atoms with E-state index in [0.29, 0.717) is 29.6 Å². The van der Waals surface area contributed by atoms with E-state index in [1.807, 2.05) is 0 Å². The first-order valence-corrected chi connectivity index (χ1v) is 6.83. The number of anilines is 1. The lowest BCUT2D eigenvalue weighted by Crippen LogP contribution is -2.38. The molecule has 2 rings (SSSR count). The summed E-state index contributed by atoms with van der Waals surface area (Å²) in [6, 6.07) is 0.656. The predicted molar refractivity (Wildman–Crippen MR) is 68.6 cm³/mol. The second-order valence-electron chi connectivity index (χ2n) is 5.07. The highest BCUT2D eigenvalue weighted by Gasteiger charge is 2.30. The van der Waals surface area contributed by atoms with Crippen molar-refractivity contribution in [3.63, 3.8) is 0 Å². The lowest BCUT2D eigenvalue weighted by atomic mass is 9.78. The van der Waals surface area contributed by atoms with Crippen LogP contribution in [-0.4, -0.2) is 29.2 Å². The number of aromatic nitrogens is 2. The molecule has 0 saturated carbocycles. The summed E-state index contributed by atoms with van der Waals surface area (Å²) in [6.07, 6.45) is 4.27. The van der Waals surface area contributed by atoms with Crippen LogP contribution in [0.1, 0.15) is 39.0 Å². The third kappa shape index (κ3) is 2.92. The van der Waals surface area contributed by atoms with Crippen molar-refractivity contribution in [2.75, 3.05) is 23.9 Å². The summed E-state index contributed by atoms with van der Waals surface area (Å²) >= 11 is 5.65. The van der Waals surface area contributed by atoms with Crippen LogP contribution >= 0.6 is 11.6 Å². The third-order valence-corrected chi connectivity index (χ3v) is 4.05. The molecule has 17 heavy (non-hydrogen) atoms. The molecule has 4 nitrogen and oxygen atoms in total. The average Bonchev–Trinajstić information content (AvgIpc) is 2.79. The number of nitrogens with zero attached hydrogens (tertiary/aromatic N) is 3. The van der Waals surface area contributed by atoms with Crippen molar-refractivity contribution >= 4 is 17.6 Å². The van der Waals surface area contributed by atoms with Crippen LogP contribution in [0.25, 0.3) is 0 Å². The van der Waals surface area contributed by atoms with E-state index in [1.54, 1.807) is 0 Å². The van der Waals surface area contributed by atoms with Crippen LogP contribution in [-0.2, 0) is 6.42 Å². The molecule has 0 atom stereocenters. The van der Waals surface area contributed by atoms with Crippen LogP contribution in [0.4, 0.5) is 6.01 Å². The van der Waals surface area contributed by atoms with E-state index < -0.39 is 0 Å². The molecule has 1 fully saturated rings. The largest absolute Gasteiger partial charge is 0.408 e. The molecule has 1 aliphatic heterocycles. The maximum absolute atomic E-state index is 5.65. The van der Waals surface area contributed by atoms with Crippen molar-refractivity contribution < 1.29 is 4.42 Å². The van der Waals surface area contributed by atoms with E-state index in [-0.39, 0.29) is 0 Å². The Labute approximate surface area is 107 Å². The van der Waals surface area contributed by atoms with Crippen LogP contribution in [0.5, 0.6) is 0 Å². The maximum atomic E-state index is 5.65. The zero-order valence-electron chi connectivity index (χ0n) is 10.6. The molecule has 0 unspecified atom stereocenters. The van der Waals surface area contributed by atoms with Gasteiger partial charge in [-0.3, -0.25) is 0 Å². The fourth-order valence-electron chi connectivity index (χ4n) is 2.15. The van der Waals surface area contributed by atoms with Gasteiger partial charge in [-0.05, 0) is 18.3 Å². The average molecular weight is 258 g/mol. The molecule has 0 bridgehead atoms. The van der Waals surface area contributed by atoms with Crippen molar-refractivity contribution in [3.8, 4) is 0 Å². The first-order chi connectivity index (χ1) is 8.17. The van der Waals surface area contributed by atoms with E-state index >= 15 is 0 Å². The summed E-state index contributed by atoms with van der Waals surface area (Å²) in [5.74, 6) is 1.16.